The molecular formula is C18H20N4O3. The highest BCUT2D eigenvalue weighted by Gasteiger charge is 2.29. The Hall–Kier alpha value is -2.96. The predicted molar refractivity (Wildman–Crippen MR) is 91.9 cm³/mol. The number of nitrogens with zero attached hydrogens (tertiary/aromatic N) is 3. The minimum Gasteiger partial charge on any atom is -0.479 e. The molecule has 1 amide bonds. The highest BCUT2D eigenvalue weighted by atomic mass is 16.4. The molecule has 2 heterocycles. The Bertz CT molecular complexity index is 716. The first-order valence-corrected chi connectivity index (χ1v) is 8.24. The third kappa shape index (κ3) is 4.12. The van der Waals surface area contributed by atoms with Crippen LogP contribution in [0.4, 0.5) is 5.82 Å². The number of hydrogen-bond donors (Lipinski definition) is 2. The van der Waals surface area contributed by atoms with Gasteiger partial charge in [0.2, 0.25) is 5.91 Å². The Morgan fingerprint density at radius 2 is 1.88 bits per heavy atom. The van der Waals surface area contributed by atoms with Crippen LogP contribution in [-0.4, -0.2) is 40.0 Å². The van der Waals surface area contributed by atoms with Crippen molar-refractivity contribution in [3.05, 3.63) is 54.5 Å². The van der Waals surface area contributed by atoms with Crippen molar-refractivity contribution >= 4 is 17.7 Å². The molecule has 7 heteroatoms. The van der Waals surface area contributed by atoms with E-state index in [2.05, 4.69) is 20.2 Å². The molecule has 2 aromatic rings. The van der Waals surface area contributed by atoms with Gasteiger partial charge in [-0.05, 0) is 18.4 Å². The van der Waals surface area contributed by atoms with Gasteiger partial charge in [-0.1, -0.05) is 30.3 Å². The van der Waals surface area contributed by atoms with Crippen LogP contribution >= 0.6 is 0 Å². The number of carbonyl (C=O) groups is 2. The molecule has 0 radical (unpaired) electrons. The molecule has 130 valence electrons. The van der Waals surface area contributed by atoms with Gasteiger partial charge in [0.05, 0.1) is 6.20 Å². The standard InChI is InChI=1S/C18H20N4O3/c23-17(21-16(18(24)25)13-4-2-1-3-5-13)14-6-10-22(11-7-14)15-12-19-8-9-20-15/h1-5,8-9,12,14,16H,6-7,10-11H2,(H,21,23)(H,24,25)/t16-/m0/s1. The van der Waals surface area contributed by atoms with Crippen molar-refractivity contribution in [3.8, 4) is 0 Å². The molecule has 1 aliphatic heterocycles. The van der Waals surface area contributed by atoms with E-state index in [1.165, 1.54) is 0 Å². The molecule has 1 aromatic heterocycles. The van der Waals surface area contributed by atoms with Crippen LogP contribution in [-0.2, 0) is 9.59 Å². The van der Waals surface area contributed by atoms with E-state index in [0.717, 1.165) is 5.82 Å². The van der Waals surface area contributed by atoms with E-state index in [-0.39, 0.29) is 11.8 Å². The van der Waals surface area contributed by atoms with Crippen molar-refractivity contribution < 1.29 is 14.7 Å². The van der Waals surface area contributed by atoms with Gasteiger partial charge >= 0.3 is 5.97 Å². The topological polar surface area (TPSA) is 95.4 Å². The maximum absolute atomic E-state index is 12.5. The first-order chi connectivity index (χ1) is 12.1. The molecular weight excluding hydrogens is 320 g/mol. The Morgan fingerprint density at radius 1 is 1.16 bits per heavy atom. The minimum absolute atomic E-state index is 0.196. The molecule has 1 fully saturated rings. The summed E-state index contributed by atoms with van der Waals surface area (Å²) in [7, 11) is 0. The lowest BCUT2D eigenvalue weighted by atomic mass is 9.95. The van der Waals surface area contributed by atoms with Crippen molar-refractivity contribution in [2.24, 2.45) is 5.92 Å². The van der Waals surface area contributed by atoms with Gasteiger partial charge in [-0.2, -0.15) is 0 Å². The molecule has 0 unspecified atom stereocenters. The van der Waals surface area contributed by atoms with Gasteiger partial charge in [0, 0.05) is 31.4 Å². The zero-order valence-corrected chi connectivity index (χ0v) is 13.7. The second kappa shape index (κ2) is 7.74. The van der Waals surface area contributed by atoms with Gasteiger partial charge in [-0.15, -0.1) is 0 Å². The molecule has 0 bridgehead atoms. The summed E-state index contributed by atoms with van der Waals surface area (Å²) in [5, 5.41) is 12.1. The van der Waals surface area contributed by atoms with E-state index >= 15 is 0 Å². The summed E-state index contributed by atoms with van der Waals surface area (Å²) >= 11 is 0. The van der Waals surface area contributed by atoms with Crippen molar-refractivity contribution in [3.63, 3.8) is 0 Å². The Balaban J connectivity index is 1.59. The number of aromatic nitrogens is 2. The van der Waals surface area contributed by atoms with Crippen LogP contribution < -0.4 is 10.2 Å². The number of anilines is 1. The third-order valence-corrected chi connectivity index (χ3v) is 4.41. The van der Waals surface area contributed by atoms with Crippen LogP contribution in [0.5, 0.6) is 0 Å². The summed E-state index contributed by atoms with van der Waals surface area (Å²) in [6.07, 6.45) is 6.29. The smallest absolute Gasteiger partial charge is 0.330 e. The average Bonchev–Trinajstić information content (AvgIpc) is 2.67. The summed E-state index contributed by atoms with van der Waals surface area (Å²) in [5.41, 5.74) is 0.570. The Morgan fingerprint density at radius 3 is 2.48 bits per heavy atom. The van der Waals surface area contributed by atoms with E-state index in [1.54, 1.807) is 42.9 Å². The fraction of sp³-hybridized carbons (Fsp3) is 0.333. The maximum atomic E-state index is 12.5. The summed E-state index contributed by atoms with van der Waals surface area (Å²) in [4.78, 5) is 34.4. The first-order valence-electron chi connectivity index (χ1n) is 8.24. The molecule has 0 saturated carbocycles. The quantitative estimate of drug-likeness (QED) is 0.859. The van der Waals surface area contributed by atoms with Crippen molar-refractivity contribution in [1.29, 1.82) is 0 Å². The SMILES string of the molecule is O=C(N[C@H](C(=O)O)c1ccccc1)C1CCN(c2cnccn2)CC1. The molecule has 1 aliphatic rings. The molecule has 2 N–H and O–H groups in total. The van der Waals surface area contributed by atoms with Crippen LogP contribution in [0.2, 0.25) is 0 Å². The minimum atomic E-state index is -1.06. The van der Waals surface area contributed by atoms with E-state index in [0.29, 0.717) is 31.5 Å². The van der Waals surface area contributed by atoms with Crippen LogP contribution in [0.3, 0.4) is 0 Å². The van der Waals surface area contributed by atoms with Crippen LogP contribution in [0, 0.1) is 5.92 Å². The van der Waals surface area contributed by atoms with Crippen molar-refractivity contribution in [2.75, 3.05) is 18.0 Å². The molecule has 3 rings (SSSR count). The average molecular weight is 340 g/mol. The highest BCUT2D eigenvalue weighted by molar-refractivity contribution is 5.86. The molecule has 0 spiro atoms. The normalized spacial score (nSPS) is 16.2. The fourth-order valence-corrected chi connectivity index (χ4v) is 3.02. The van der Waals surface area contributed by atoms with Gasteiger partial charge in [0.1, 0.15) is 5.82 Å². The Labute approximate surface area is 145 Å². The summed E-state index contributed by atoms with van der Waals surface area (Å²) < 4.78 is 0. The van der Waals surface area contributed by atoms with Gasteiger partial charge < -0.3 is 15.3 Å². The zero-order chi connectivity index (χ0) is 17.6. The van der Waals surface area contributed by atoms with Crippen LogP contribution in [0.1, 0.15) is 24.4 Å². The van der Waals surface area contributed by atoms with E-state index in [9.17, 15) is 14.7 Å². The van der Waals surface area contributed by atoms with Gasteiger partial charge in [-0.3, -0.25) is 9.78 Å². The highest BCUT2D eigenvalue weighted by Crippen LogP contribution is 2.22. The third-order valence-electron chi connectivity index (χ3n) is 4.41. The predicted octanol–water partition coefficient (Wildman–Crippen LogP) is 1.64. The number of rotatable bonds is 5. The van der Waals surface area contributed by atoms with Gasteiger partial charge in [0.15, 0.2) is 6.04 Å². The number of carbonyl (C=O) groups excluding carboxylic acids is 1. The lowest BCUT2D eigenvalue weighted by Gasteiger charge is -2.32. The number of piperidine rings is 1. The van der Waals surface area contributed by atoms with E-state index in [1.807, 2.05) is 6.07 Å². The number of carboxylic acids is 1. The second-order valence-electron chi connectivity index (χ2n) is 6.02. The van der Waals surface area contributed by atoms with Crippen LogP contribution in [0.25, 0.3) is 0 Å². The van der Waals surface area contributed by atoms with Crippen LogP contribution in [0.15, 0.2) is 48.9 Å². The monoisotopic (exact) mass is 340 g/mol. The summed E-state index contributed by atoms with van der Waals surface area (Å²) in [5.74, 6) is -0.667. The van der Waals surface area contributed by atoms with Gasteiger partial charge in [-0.25, -0.2) is 9.78 Å². The summed E-state index contributed by atoms with van der Waals surface area (Å²) in [6.45, 7) is 1.39. The van der Waals surface area contributed by atoms with Gasteiger partial charge in [0.25, 0.3) is 0 Å². The first kappa shape index (κ1) is 16.9. The fourth-order valence-electron chi connectivity index (χ4n) is 3.02. The van der Waals surface area contributed by atoms with Crippen molar-refractivity contribution in [2.45, 2.75) is 18.9 Å². The number of amides is 1. The number of hydrogen-bond acceptors (Lipinski definition) is 5. The molecule has 1 aromatic carbocycles. The lowest BCUT2D eigenvalue weighted by Crippen LogP contribution is -2.43. The lowest BCUT2D eigenvalue weighted by molar-refractivity contribution is -0.142. The largest absolute Gasteiger partial charge is 0.479 e. The number of nitrogens with one attached hydrogen (secondary N) is 1. The van der Waals surface area contributed by atoms with E-state index in [4.69, 9.17) is 0 Å². The molecule has 0 aliphatic carbocycles. The zero-order valence-electron chi connectivity index (χ0n) is 13.7. The molecule has 25 heavy (non-hydrogen) atoms. The molecule has 1 saturated heterocycles. The summed E-state index contributed by atoms with van der Waals surface area (Å²) in [6, 6.07) is 7.72. The number of aliphatic carboxylic acids is 1. The number of carboxylic acid groups (broad SMARTS) is 1. The molecule has 7 nitrogen and oxygen atoms in total. The maximum Gasteiger partial charge on any atom is 0.330 e. The Kier molecular flexibility index (Phi) is 5.23. The van der Waals surface area contributed by atoms with Crippen molar-refractivity contribution in [1.82, 2.24) is 15.3 Å². The number of benzene rings is 1. The second-order valence-corrected chi connectivity index (χ2v) is 6.02. The molecule has 1 atom stereocenters. The van der Waals surface area contributed by atoms with E-state index < -0.39 is 12.0 Å².